The van der Waals surface area contributed by atoms with Crippen molar-refractivity contribution in [1.29, 1.82) is 0 Å². The second-order valence-corrected chi connectivity index (χ2v) is 19.3. The molecular formula is C46H79N17O13. The molecule has 1 aromatic heterocycles. The van der Waals surface area contributed by atoms with Gasteiger partial charge >= 0.3 is 5.97 Å². The van der Waals surface area contributed by atoms with Crippen molar-refractivity contribution in [3.8, 4) is 0 Å². The number of primary amides is 3. The van der Waals surface area contributed by atoms with Crippen LogP contribution in [0, 0.1) is 17.8 Å². The third-order valence-electron chi connectivity index (χ3n) is 11.4. The third-order valence-corrected chi connectivity index (χ3v) is 11.4. The van der Waals surface area contributed by atoms with Gasteiger partial charge in [-0.05, 0) is 63.2 Å². The number of H-pyrrole nitrogens is 1. The van der Waals surface area contributed by atoms with Crippen LogP contribution >= 0.6 is 0 Å². The molecule has 1 aromatic rings. The Labute approximate surface area is 440 Å². The summed E-state index contributed by atoms with van der Waals surface area (Å²) in [5.41, 5.74) is 33.2. The summed E-state index contributed by atoms with van der Waals surface area (Å²) in [6.07, 6.45) is 0.428. The lowest BCUT2D eigenvalue weighted by Gasteiger charge is -2.29. The van der Waals surface area contributed by atoms with Gasteiger partial charge in [0.15, 0.2) is 5.96 Å². The number of aliphatic imine (C=N–C) groups is 1. The maximum Gasteiger partial charge on any atom is 0.326 e. The average Bonchev–Trinajstić information content (AvgIpc) is 3.84. The summed E-state index contributed by atoms with van der Waals surface area (Å²) in [5, 5.41) is 29.6. The molecule has 426 valence electrons. The Morgan fingerprint density at radius 2 is 0.974 bits per heavy atom. The lowest BCUT2D eigenvalue weighted by molar-refractivity contribution is -0.143. The lowest BCUT2D eigenvalue weighted by atomic mass is 10.00. The van der Waals surface area contributed by atoms with E-state index in [0.29, 0.717) is 5.69 Å². The van der Waals surface area contributed by atoms with E-state index in [0.717, 1.165) is 0 Å². The Kier molecular flexibility index (Phi) is 28.8. The molecule has 0 unspecified atom stereocenters. The summed E-state index contributed by atoms with van der Waals surface area (Å²) >= 11 is 0. The second-order valence-electron chi connectivity index (χ2n) is 19.3. The largest absolute Gasteiger partial charge is 0.480 e. The Balaban J connectivity index is 3.49. The summed E-state index contributed by atoms with van der Waals surface area (Å²) in [5.74, 6) is -12.7. The number of amides is 11. The number of aliphatic carboxylic acids is 1. The van der Waals surface area contributed by atoms with Crippen molar-refractivity contribution in [1.82, 2.24) is 52.5 Å². The Morgan fingerprint density at radius 1 is 0.539 bits per heavy atom. The molecule has 22 N–H and O–H groups in total. The maximum atomic E-state index is 14.1. The minimum atomic E-state index is -1.65. The summed E-state index contributed by atoms with van der Waals surface area (Å²) < 4.78 is 0. The molecular weight excluding hydrogens is 999 g/mol. The predicted molar refractivity (Wildman–Crippen MR) is 273 cm³/mol. The molecule has 30 heteroatoms. The fourth-order valence-corrected chi connectivity index (χ4v) is 7.16. The molecule has 0 saturated carbocycles. The first-order valence-corrected chi connectivity index (χ1v) is 24.7. The van der Waals surface area contributed by atoms with E-state index in [9.17, 15) is 62.6 Å². The van der Waals surface area contributed by atoms with Gasteiger partial charge in [0.25, 0.3) is 0 Å². The van der Waals surface area contributed by atoms with Crippen LogP contribution in [0.3, 0.4) is 0 Å². The molecule has 0 bridgehead atoms. The topological polar surface area (TPSA) is 518 Å². The van der Waals surface area contributed by atoms with Crippen molar-refractivity contribution < 1.29 is 62.6 Å². The van der Waals surface area contributed by atoms with E-state index in [-0.39, 0.29) is 56.9 Å². The van der Waals surface area contributed by atoms with E-state index in [1.54, 1.807) is 41.5 Å². The van der Waals surface area contributed by atoms with Crippen LogP contribution < -0.4 is 76.9 Å². The number of aromatic amines is 1. The van der Waals surface area contributed by atoms with Crippen LogP contribution in [0.5, 0.6) is 0 Å². The number of carbonyl (C=O) groups is 12. The minimum absolute atomic E-state index is 0.0223. The molecule has 0 aliphatic carbocycles. The number of carbonyl (C=O) groups excluding carboxylic acids is 11. The van der Waals surface area contributed by atoms with Crippen LogP contribution in [0.25, 0.3) is 0 Å². The van der Waals surface area contributed by atoms with Crippen molar-refractivity contribution in [3.63, 3.8) is 0 Å². The van der Waals surface area contributed by atoms with Crippen LogP contribution in [0.1, 0.15) is 112 Å². The zero-order chi connectivity index (χ0) is 58.0. The van der Waals surface area contributed by atoms with Crippen molar-refractivity contribution >= 4 is 76.9 Å². The molecule has 11 amide bonds. The number of aromatic nitrogens is 2. The van der Waals surface area contributed by atoms with Crippen molar-refractivity contribution in [2.75, 3.05) is 6.54 Å². The van der Waals surface area contributed by atoms with Gasteiger partial charge in [-0.15, -0.1) is 0 Å². The lowest BCUT2D eigenvalue weighted by Crippen LogP contribution is -2.61. The monoisotopic (exact) mass is 1080 g/mol. The quantitative estimate of drug-likeness (QED) is 0.0169. The molecule has 30 nitrogen and oxygen atoms in total. The molecule has 0 fully saturated rings. The molecule has 0 aliphatic heterocycles. The zero-order valence-corrected chi connectivity index (χ0v) is 44.1. The smallest absolute Gasteiger partial charge is 0.326 e. The summed E-state index contributed by atoms with van der Waals surface area (Å²) in [6.45, 7) is 11.1. The highest BCUT2D eigenvalue weighted by Gasteiger charge is 2.36. The van der Waals surface area contributed by atoms with Crippen molar-refractivity contribution in [2.45, 2.75) is 167 Å². The number of carboxylic acid groups (broad SMARTS) is 1. The summed E-state index contributed by atoms with van der Waals surface area (Å²) in [6, 6.07) is -12.6. The van der Waals surface area contributed by atoms with Gasteiger partial charge < -0.3 is 87.0 Å². The molecule has 1 heterocycles. The minimum Gasteiger partial charge on any atom is -0.480 e. The number of rotatable bonds is 36. The normalized spacial score (nSPS) is 14.7. The van der Waals surface area contributed by atoms with E-state index in [2.05, 4.69) is 57.5 Å². The van der Waals surface area contributed by atoms with E-state index >= 15 is 0 Å². The summed E-state index contributed by atoms with van der Waals surface area (Å²) in [7, 11) is 0. The molecule has 0 aliphatic rings. The number of nitrogens with one attached hydrogen (secondary N) is 9. The first-order chi connectivity index (χ1) is 35.4. The average molecular weight is 1080 g/mol. The fourth-order valence-electron chi connectivity index (χ4n) is 7.16. The number of hydrogen-bond donors (Lipinski definition) is 16. The molecule has 1 rings (SSSR count). The van der Waals surface area contributed by atoms with Crippen LogP contribution in [0.2, 0.25) is 0 Å². The van der Waals surface area contributed by atoms with Crippen LogP contribution in [0.15, 0.2) is 17.5 Å². The number of carboxylic acids is 1. The number of nitrogens with two attached hydrogens (primary N) is 6. The van der Waals surface area contributed by atoms with Gasteiger partial charge in [-0.25, -0.2) is 9.78 Å². The maximum absolute atomic E-state index is 14.1. The number of hydrogen-bond acceptors (Lipinski definition) is 15. The first kappa shape index (κ1) is 66.1. The standard InChI is InChI=1S/C46H79N17O13/c1-21(2)17-30(60-38(68)26(47)10-13-32(48)64)42(72)56-24(7)37(67)57-27(9-8-16-54-46(51)52)39(69)58-28(11-14-33(49)65)40(70)59-29(12-15-34(50)66)41(71)62-35(22(3)4)44(74)61-31(18-25-19-53-20-55-25)43(73)63-36(23(5)6)45(75)76/h19-24,26-31,35-36H,8-18,47H2,1-7H3,(H2,48,64)(H2,49,65)(H2,50,66)(H,53,55)(H,56,72)(H,57,67)(H,58,69)(H,59,70)(H,60,68)(H,61,74)(H,62,71)(H,63,73)(H,75,76)(H4,51,52,54)/t24-,26-,27-,28-,29-,30-,31-,35-,36-/m0/s1. The van der Waals surface area contributed by atoms with Gasteiger partial charge in [0.05, 0.1) is 12.4 Å². The molecule has 0 radical (unpaired) electrons. The van der Waals surface area contributed by atoms with Gasteiger partial charge in [-0.3, -0.25) is 57.7 Å². The molecule has 0 spiro atoms. The number of nitrogens with zero attached hydrogens (tertiary/aromatic N) is 2. The highest BCUT2D eigenvalue weighted by atomic mass is 16.4. The van der Waals surface area contributed by atoms with Gasteiger partial charge in [0, 0.05) is 44.1 Å². The molecule has 9 atom stereocenters. The van der Waals surface area contributed by atoms with Crippen LogP contribution in [-0.2, 0) is 64.0 Å². The van der Waals surface area contributed by atoms with Gasteiger partial charge in [-0.2, -0.15) is 0 Å². The van der Waals surface area contributed by atoms with Gasteiger partial charge in [-0.1, -0.05) is 41.5 Å². The second kappa shape index (κ2) is 33.1. The van der Waals surface area contributed by atoms with Crippen molar-refractivity contribution in [3.05, 3.63) is 18.2 Å². The SMILES string of the molecule is CC(C)C[C@H](NC(=O)[C@@H](N)CCC(N)=O)C(=O)N[C@@H](C)C(=O)N[C@@H](CCCN=C(N)N)C(=O)N[C@@H](CCC(N)=O)C(=O)N[C@@H](CCC(N)=O)C(=O)N[C@H](C(=O)N[C@@H](Cc1cnc[nH]1)C(=O)N[C@H](C(=O)O)C(C)C)C(C)C. The van der Waals surface area contributed by atoms with E-state index in [4.69, 9.17) is 34.4 Å². The Hall–Kier alpha value is -7.92. The van der Waals surface area contributed by atoms with E-state index < -0.39 is 163 Å². The van der Waals surface area contributed by atoms with Gasteiger partial charge in [0.1, 0.15) is 48.3 Å². The van der Waals surface area contributed by atoms with E-state index in [1.165, 1.54) is 19.4 Å². The molecule has 0 aromatic carbocycles. The molecule has 0 saturated heterocycles. The summed E-state index contributed by atoms with van der Waals surface area (Å²) in [4.78, 5) is 167. The number of imidazole rings is 1. The predicted octanol–water partition coefficient (Wildman–Crippen LogP) is -5.53. The van der Waals surface area contributed by atoms with Crippen LogP contribution in [0.4, 0.5) is 0 Å². The number of guanidine groups is 1. The fraction of sp³-hybridized carbons (Fsp3) is 0.652. The van der Waals surface area contributed by atoms with Crippen molar-refractivity contribution in [2.24, 2.45) is 57.1 Å². The highest BCUT2D eigenvalue weighted by Crippen LogP contribution is 2.12. The van der Waals surface area contributed by atoms with Crippen LogP contribution in [-0.4, -0.2) is 153 Å². The first-order valence-electron chi connectivity index (χ1n) is 24.7. The zero-order valence-electron chi connectivity index (χ0n) is 44.1. The Bertz CT molecular complexity index is 2200. The van der Waals surface area contributed by atoms with Gasteiger partial charge in [0.2, 0.25) is 65.0 Å². The Morgan fingerprint density at radius 3 is 1.43 bits per heavy atom. The molecule has 76 heavy (non-hydrogen) atoms. The highest BCUT2D eigenvalue weighted by molar-refractivity contribution is 5.98. The third kappa shape index (κ3) is 25.3. The van der Waals surface area contributed by atoms with E-state index in [1.807, 2.05) is 0 Å².